The first-order chi connectivity index (χ1) is 10.6. The number of nitrogens with zero attached hydrogens (tertiary/aromatic N) is 3. The molecule has 2 aliphatic heterocycles. The van der Waals surface area contributed by atoms with Gasteiger partial charge in [0.15, 0.2) is 0 Å². The van der Waals surface area contributed by atoms with Crippen LogP contribution in [-0.4, -0.2) is 52.6 Å². The fourth-order valence-corrected chi connectivity index (χ4v) is 3.23. The van der Waals surface area contributed by atoms with E-state index in [2.05, 4.69) is 4.90 Å². The van der Waals surface area contributed by atoms with Crippen molar-refractivity contribution < 1.29 is 14.8 Å². The molecule has 22 heavy (non-hydrogen) atoms. The number of amides is 1. The third kappa shape index (κ3) is 2.82. The number of nitro groups is 1. The minimum Gasteiger partial charge on any atom is -0.393 e. The molecule has 1 atom stereocenters. The predicted octanol–water partition coefficient (Wildman–Crippen LogP) is 1.16. The lowest BCUT2D eigenvalue weighted by atomic mass is 10.1. The van der Waals surface area contributed by atoms with Gasteiger partial charge in [-0.1, -0.05) is 6.07 Å². The molecule has 1 aromatic carbocycles. The molecule has 0 aromatic heterocycles. The maximum Gasteiger partial charge on any atom is 0.271 e. The number of aliphatic hydroxyl groups excluding tert-OH is 1. The van der Waals surface area contributed by atoms with Gasteiger partial charge in [0.2, 0.25) is 5.91 Å². The Morgan fingerprint density at radius 2 is 1.91 bits per heavy atom. The van der Waals surface area contributed by atoms with Crippen LogP contribution in [0.25, 0.3) is 0 Å². The third-order valence-corrected chi connectivity index (χ3v) is 4.47. The first kappa shape index (κ1) is 14.9. The van der Waals surface area contributed by atoms with E-state index in [4.69, 9.17) is 0 Å². The van der Waals surface area contributed by atoms with E-state index in [9.17, 15) is 20.0 Å². The number of aliphatic hydroxyl groups is 1. The lowest BCUT2D eigenvalue weighted by Crippen LogP contribution is -2.46. The molecule has 2 saturated heterocycles. The Bertz CT molecular complexity index is 584. The Morgan fingerprint density at radius 1 is 1.18 bits per heavy atom. The van der Waals surface area contributed by atoms with Crippen LogP contribution in [0.3, 0.4) is 0 Å². The summed E-state index contributed by atoms with van der Waals surface area (Å²) in [7, 11) is 0. The van der Waals surface area contributed by atoms with Gasteiger partial charge in [0.1, 0.15) is 0 Å². The van der Waals surface area contributed by atoms with E-state index in [0.29, 0.717) is 25.1 Å². The minimum absolute atomic E-state index is 0.00288. The predicted molar refractivity (Wildman–Crippen MR) is 80.7 cm³/mol. The van der Waals surface area contributed by atoms with Crippen molar-refractivity contribution in [2.24, 2.45) is 0 Å². The van der Waals surface area contributed by atoms with Gasteiger partial charge < -0.3 is 10.0 Å². The van der Waals surface area contributed by atoms with Crippen LogP contribution in [0.5, 0.6) is 0 Å². The van der Waals surface area contributed by atoms with E-state index in [1.807, 2.05) is 0 Å². The molecule has 0 radical (unpaired) electrons. The Balaban J connectivity index is 1.73. The number of likely N-dealkylation sites (tertiary alicyclic amines) is 1. The van der Waals surface area contributed by atoms with E-state index in [0.717, 1.165) is 19.5 Å². The maximum atomic E-state index is 12.6. The summed E-state index contributed by atoms with van der Waals surface area (Å²) in [5.41, 5.74) is 0.577. The number of nitro benzene ring substituents is 1. The summed E-state index contributed by atoms with van der Waals surface area (Å²) in [4.78, 5) is 26.8. The van der Waals surface area contributed by atoms with Gasteiger partial charge in [-0.2, -0.15) is 0 Å². The van der Waals surface area contributed by atoms with E-state index >= 15 is 0 Å². The molecule has 1 unspecified atom stereocenters. The van der Waals surface area contributed by atoms with Crippen molar-refractivity contribution in [3.8, 4) is 0 Å². The first-order valence-corrected chi connectivity index (χ1v) is 7.54. The van der Waals surface area contributed by atoms with Crippen LogP contribution in [-0.2, 0) is 4.79 Å². The molecule has 3 rings (SSSR count). The van der Waals surface area contributed by atoms with Crippen molar-refractivity contribution in [2.75, 3.05) is 24.5 Å². The van der Waals surface area contributed by atoms with Crippen LogP contribution in [0.2, 0.25) is 0 Å². The quantitative estimate of drug-likeness (QED) is 0.669. The highest BCUT2D eigenvalue weighted by Crippen LogP contribution is 2.28. The summed E-state index contributed by atoms with van der Waals surface area (Å²) in [6, 6.07) is 6.03. The molecule has 1 N–H and O–H groups in total. The molecule has 2 heterocycles. The van der Waals surface area contributed by atoms with Gasteiger partial charge in [-0.25, -0.2) is 0 Å². The van der Waals surface area contributed by atoms with Gasteiger partial charge in [-0.05, 0) is 25.3 Å². The highest BCUT2D eigenvalue weighted by Gasteiger charge is 2.38. The number of carbonyl (C=O) groups is 1. The Kier molecular flexibility index (Phi) is 4.08. The monoisotopic (exact) mass is 305 g/mol. The largest absolute Gasteiger partial charge is 0.393 e. The molecular formula is C15H19N3O4. The molecule has 7 nitrogen and oxygen atoms in total. The van der Waals surface area contributed by atoms with E-state index < -0.39 is 4.92 Å². The Morgan fingerprint density at radius 3 is 2.59 bits per heavy atom. The fourth-order valence-electron chi connectivity index (χ4n) is 3.23. The Labute approximate surface area is 128 Å². The Hall–Kier alpha value is -1.99. The number of non-ortho nitro benzene ring substituents is 1. The number of carbonyl (C=O) groups excluding carboxylic acids is 1. The lowest BCUT2D eigenvalue weighted by Gasteiger charge is -2.33. The smallest absolute Gasteiger partial charge is 0.271 e. The SMILES string of the molecule is O=C1C(N2CCC(O)CC2)CCN1c1cccc([N+](=O)[O-])c1. The van der Waals surface area contributed by atoms with Crippen molar-refractivity contribution in [3.05, 3.63) is 34.4 Å². The molecular weight excluding hydrogens is 286 g/mol. The van der Waals surface area contributed by atoms with Gasteiger partial charge in [0.25, 0.3) is 5.69 Å². The maximum absolute atomic E-state index is 12.6. The van der Waals surface area contributed by atoms with Crippen molar-refractivity contribution >= 4 is 17.3 Å². The third-order valence-electron chi connectivity index (χ3n) is 4.47. The first-order valence-electron chi connectivity index (χ1n) is 7.54. The molecule has 118 valence electrons. The fraction of sp³-hybridized carbons (Fsp3) is 0.533. The van der Waals surface area contributed by atoms with Gasteiger partial charge in [-0.15, -0.1) is 0 Å². The molecule has 0 spiro atoms. The van der Waals surface area contributed by atoms with Crippen LogP contribution in [0.4, 0.5) is 11.4 Å². The number of anilines is 1. The zero-order valence-corrected chi connectivity index (χ0v) is 12.2. The second kappa shape index (κ2) is 6.02. The second-order valence-corrected chi connectivity index (χ2v) is 5.84. The van der Waals surface area contributed by atoms with Crippen LogP contribution in [0.1, 0.15) is 19.3 Å². The molecule has 0 bridgehead atoms. The molecule has 2 aliphatic rings. The molecule has 2 fully saturated rings. The van der Waals surface area contributed by atoms with E-state index in [1.165, 1.54) is 12.1 Å². The molecule has 0 saturated carbocycles. The van der Waals surface area contributed by atoms with Crippen LogP contribution in [0, 0.1) is 10.1 Å². The highest BCUT2D eigenvalue weighted by atomic mass is 16.6. The van der Waals surface area contributed by atoms with Crippen LogP contribution < -0.4 is 4.90 Å². The zero-order valence-electron chi connectivity index (χ0n) is 12.2. The number of piperidine rings is 1. The zero-order chi connectivity index (χ0) is 15.7. The van der Waals surface area contributed by atoms with E-state index in [1.54, 1.807) is 17.0 Å². The second-order valence-electron chi connectivity index (χ2n) is 5.84. The van der Waals surface area contributed by atoms with Crippen LogP contribution >= 0.6 is 0 Å². The molecule has 1 amide bonds. The van der Waals surface area contributed by atoms with Gasteiger partial charge in [0, 0.05) is 31.8 Å². The summed E-state index contributed by atoms with van der Waals surface area (Å²) in [5, 5.41) is 20.4. The topological polar surface area (TPSA) is 86.9 Å². The average molecular weight is 305 g/mol. The van der Waals surface area contributed by atoms with E-state index in [-0.39, 0.29) is 23.7 Å². The summed E-state index contributed by atoms with van der Waals surface area (Å²) < 4.78 is 0. The summed E-state index contributed by atoms with van der Waals surface area (Å²) in [6.45, 7) is 2.02. The van der Waals surface area contributed by atoms with Gasteiger partial charge >= 0.3 is 0 Å². The number of hydrogen-bond donors (Lipinski definition) is 1. The number of benzene rings is 1. The van der Waals surface area contributed by atoms with Gasteiger partial charge in [0.05, 0.1) is 22.8 Å². The lowest BCUT2D eigenvalue weighted by molar-refractivity contribution is -0.384. The normalized spacial score (nSPS) is 24.0. The average Bonchev–Trinajstić information content (AvgIpc) is 2.90. The molecule has 1 aromatic rings. The van der Waals surface area contributed by atoms with Crippen molar-refractivity contribution in [2.45, 2.75) is 31.4 Å². The van der Waals surface area contributed by atoms with Crippen molar-refractivity contribution in [1.82, 2.24) is 4.90 Å². The molecule has 7 heteroatoms. The number of rotatable bonds is 3. The number of hydrogen-bond acceptors (Lipinski definition) is 5. The minimum atomic E-state index is -0.451. The summed E-state index contributed by atoms with van der Waals surface area (Å²) >= 11 is 0. The van der Waals surface area contributed by atoms with Gasteiger partial charge in [-0.3, -0.25) is 19.8 Å². The standard InChI is InChI=1S/C15H19N3O4/c19-13-4-7-16(8-5-13)14-6-9-17(15(14)20)11-2-1-3-12(10-11)18(21)22/h1-3,10,13-14,19H,4-9H2. The van der Waals surface area contributed by atoms with Crippen molar-refractivity contribution in [3.63, 3.8) is 0 Å². The summed E-state index contributed by atoms with van der Waals surface area (Å²) in [6.07, 6.45) is 1.85. The van der Waals surface area contributed by atoms with Crippen LogP contribution in [0.15, 0.2) is 24.3 Å². The molecule has 0 aliphatic carbocycles. The van der Waals surface area contributed by atoms with Crippen molar-refractivity contribution in [1.29, 1.82) is 0 Å². The highest BCUT2D eigenvalue weighted by molar-refractivity contribution is 5.99. The summed E-state index contributed by atoms with van der Waals surface area (Å²) in [5.74, 6) is -0.00288.